The van der Waals surface area contributed by atoms with E-state index in [1.165, 1.54) is 4.31 Å². The minimum atomic E-state index is -3.61. The Labute approximate surface area is 183 Å². The molecule has 3 rings (SSSR count). The van der Waals surface area contributed by atoms with Gasteiger partial charge >= 0.3 is 0 Å². The van der Waals surface area contributed by atoms with Crippen LogP contribution in [0.1, 0.15) is 30.9 Å². The average molecular weight is 442 g/mol. The summed E-state index contributed by atoms with van der Waals surface area (Å²) in [5, 5.41) is 11.6. The summed E-state index contributed by atoms with van der Waals surface area (Å²) in [6.45, 7) is 4.83. The third-order valence-electron chi connectivity index (χ3n) is 5.41. The molecular weight excluding hydrogens is 414 g/mol. The number of benzene rings is 2. The fourth-order valence-corrected chi connectivity index (χ4v) is 5.20. The van der Waals surface area contributed by atoms with Gasteiger partial charge in [0.1, 0.15) is 5.75 Å². The molecule has 7 nitrogen and oxygen atoms in total. The summed E-state index contributed by atoms with van der Waals surface area (Å²) in [5.74, 6) is 0.326. The van der Waals surface area contributed by atoms with Crippen molar-refractivity contribution in [3.63, 3.8) is 0 Å². The Balaban J connectivity index is 1.60. The van der Waals surface area contributed by atoms with Gasteiger partial charge in [0.2, 0.25) is 15.9 Å². The highest BCUT2D eigenvalue weighted by Crippen LogP contribution is 2.28. The van der Waals surface area contributed by atoms with Crippen LogP contribution in [0.25, 0.3) is 0 Å². The van der Waals surface area contributed by atoms with Crippen molar-refractivity contribution in [3.8, 4) is 11.8 Å². The second kappa shape index (κ2) is 9.94. The predicted octanol–water partition coefficient (Wildman–Crippen LogP) is 3.50. The fraction of sp³-hybridized carbons (Fsp3) is 0.391. The van der Waals surface area contributed by atoms with Crippen molar-refractivity contribution in [2.45, 2.75) is 38.0 Å². The van der Waals surface area contributed by atoms with E-state index < -0.39 is 10.0 Å². The molecule has 1 aliphatic rings. The average Bonchev–Trinajstić information content (AvgIpc) is 2.77. The number of nitrogens with zero attached hydrogens (tertiary/aromatic N) is 2. The highest BCUT2D eigenvalue weighted by atomic mass is 32.2. The minimum Gasteiger partial charge on any atom is -0.494 e. The van der Waals surface area contributed by atoms with Crippen LogP contribution in [0.3, 0.4) is 0 Å². The Hall–Kier alpha value is -2.89. The number of aryl methyl sites for hydroxylation is 1. The maximum atomic E-state index is 13.0. The van der Waals surface area contributed by atoms with Gasteiger partial charge in [-0.05, 0) is 68.1 Å². The Morgan fingerprint density at radius 1 is 1.19 bits per heavy atom. The molecule has 1 amide bonds. The molecule has 1 N–H and O–H groups in total. The molecular formula is C23H27N3O4S. The molecule has 1 fully saturated rings. The summed E-state index contributed by atoms with van der Waals surface area (Å²) in [7, 11) is -3.61. The molecule has 0 spiro atoms. The summed E-state index contributed by atoms with van der Waals surface area (Å²) in [6.07, 6.45) is 1.26. The minimum absolute atomic E-state index is 0.109. The van der Waals surface area contributed by atoms with E-state index in [-0.39, 0.29) is 16.7 Å². The molecule has 8 heteroatoms. The van der Waals surface area contributed by atoms with E-state index in [4.69, 9.17) is 10.00 Å². The number of carbonyl (C=O) groups is 1. The van der Waals surface area contributed by atoms with Gasteiger partial charge in [0.15, 0.2) is 0 Å². The van der Waals surface area contributed by atoms with Crippen LogP contribution in [0.15, 0.2) is 47.4 Å². The largest absolute Gasteiger partial charge is 0.494 e. The fourth-order valence-electron chi connectivity index (χ4n) is 3.65. The highest BCUT2D eigenvalue weighted by molar-refractivity contribution is 7.89. The number of sulfonamides is 1. The third-order valence-corrected chi connectivity index (χ3v) is 7.31. The van der Waals surface area contributed by atoms with Crippen molar-refractivity contribution in [2.75, 3.05) is 25.0 Å². The first-order valence-electron chi connectivity index (χ1n) is 10.4. The van der Waals surface area contributed by atoms with Crippen molar-refractivity contribution in [3.05, 3.63) is 53.6 Å². The van der Waals surface area contributed by atoms with Crippen LogP contribution in [0, 0.1) is 24.2 Å². The van der Waals surface area contributed by atoms with Crippen LogP contribution in [0.2, 0.25) is 0 Å². The molecule has 0 radical (unpaired) electrons. The van der Waals surface area contributed by atoms with E-state index in [0.29, 0.717) is 50.4 Å². The SMILES string of the molecule is CCOc1ccc(S(=O)(=O)N2CCC(C(=O)Nc3ccc(CC#N)cc3)CC2)cc1C. The zero-order chi connectivity index (χ0) is 22.4. The van der Waals surface area contributed by atoms with Crippen LogP contribution in [-0.4, -0.2) is 38.3 Å². The Bertz CT molecular complexity index is 1070. The predicted molar refractivity (Wildman–Crippen MR) is 118 cm³/mol. The van der Waals surface area contributed by atoms with Gasteiger partial charge in [0.05, 0.1) is 24.0 Å². The van der Waals surface area contributed by atoms with Gasteiger partial charge in [-0.1, -0.05) is 12.1 Å². The quantitative estimate of drug-likeness (QED) is 0.709. The van der Waals surface area contributed by atoms with Crippen molar-refractivity contribution in [2.24, 2.45) is 5.92 Å². The molecule has 2 aromatic carbocycles. The number of anilines is 1. The monoisotopic (exact) mass is 441 g/mol. The van der Waals surface area contributed by atoms with Crippen LogP contribution >= 0.6 is 0 Å². The summed E-state index contributed by atoms with van der Waals surface area (Å²) < 4.78 is 33.0. The number of ether oxygens (including phenoxy) is 1. The summed E-state index contributed by atoms with van der Waals surface area (Å²) >= 11 is 0. The number of nitriles is 1. The number of hydrogen-bond acceptors (Lipinski definition) is 5. The molecule has 164 valence electrons. The number of nitrogens with one attached hydrogen (secondary N) is 1. The topological polar surface area (TPSA) is 99.5 Å². The first-order valence-corrected chi connectivity index (χ1v) is 11.8. The molecule has 1 heterocycles. The number of carbonyl (C=O) groups excluding carboxylic acids is 1. The zero-order valence-corrected chi connectivity index (χ0v) is 18.6. The summed E-state index contributed by atoms with van der Waals surface area (Å²) in [4.78, 5) is 12.8. The lowest BCUT2D eigenvalue weighted by Crippen LogP contribution is -2.41. The number of piperidine rings is 1. The van der Waals surface area contributed by atoms with Crippen molar-refractivity contribution in [1.29, 1.82) is 5.26 Å². The van der Waals surface area contributed by atoms with Gasteiger partial charge in [-0.2, -0.15) is 9.57 Å². The van der Waals surface area contributed by atoms with E-state index in [2.05, 4.69) is 11.4 Å². The number of hydrogen-bond donors (Lipinski definition) is 1. The molecule has 1 aliphatic heterocycles. The lowest BCUT2D eigenvalue weighted by Gasteiger charge is -2.30. The molecule has 0 saturated carbocycles. The van der Waals surface area contributed by atoms with Crippen LogP contribution < -0.4 is 10.1 Å². The maximum Gasteiger partial charge on any atom is 0.243 e. The molecule has 0 bridgehead atoms. The normalized spacial score (nSPS) is 15.3. The molecule has 0 atom stereocenters. The summed E-state index contributed by atoms with van der Waals surface area (Å²) in [5.41, 5.74) is 2.34. The van der Waals surface area contributed by atoms with Gasteiger partial charge in [-0.25, -0.2) is 8.42 Å². The Kier molecular flexibility index (Phi) is 7.31. The maximum absolute atomic E-state index is 13.0. The molecule has 31 heavy (non-hydrogen) atoms. The van der Waals surface area contributed by atoms with E-state index >= 15 is 0 Å². The van der Waals surface area contributed by atoms with Gasteiger partial charge < -0.3 is 10.1 Å². The Morgan fingerprint density at radius 3 is 2.45 bits per heavy atom. The first-order chi connectivity index (χ1) is 14.8. The van der Waals surface area contributed by atoms with Crippen molar-refractivity contribution >= 4 is 21.6 Å². The zero-order valence-electron chi connectivity index (χ0n) is 17.8. The second-order valence-electron chi connectivity index (χ2n) is 7.56. The van der Waals surface area contributed by atoms with Crippen LogP contribution in [0.4, 0.5) is 5.69 Å². The standard InChI is InChI=1S/C23H27N3O4S/c1-3-30-22-9-8-21(16-17(22)2)31(28,29)26-14-11-19(12-15-26)23(27)25-20-6-4-18(5-7-20)10-13-24/h4-9,16,19H,3,10-12,14-15H2,1-2H3,(H,25,27). The molecule has 2 aromatic rings. The second-order valence-corrected chi connectivity index (χ2v) is 9.50. The highest BCUT2D eigenvalue weighted by Gasteiger charge is 2.32. The van der Waals surface area contributed by atoms with E-state index in [1.807, 2.05) is 26.0 Å². The lowest BCUT2D eigenvalue weighted by molar-refractivity contribution is -0.120. The number of amides is 1. The lowest BCUT2D eigenvalue weighted by atomic mass is 9.97. The Morgan fingerprint density at radius 2 is 1.87 bits per heavy atom. The van der Waals surface area contributed by atoms with E-state index in [1.54, 1.807) is 30.3 Å². The van der Waals surface area contributed by atoms with E-state index in [0.717, 1.165) is 11.1 Å². The van der Waals surface area contributed by atoms with Crippen molar-refractivity contribution in [1.82, 2.24) is 4.31 Å². The molecule has 0 aliphatic carbocycles. The number of rotatable bonds is 7. The smallest absolute Gasteiger partial charge is 0.243 e. The van der Waals surface area contributed by atoms with Crippen LogP contribution in [-0.2, 0) is 21.2 Å². The first kappa shape index (κ1) is 22.8. The van der Waals surface area contributed by atoms with Gasteiger partial charge in [0, 0.05) is 24.7 Å². The van der Waals surface area contributed by atoms with Gasteiger partial charge in [-0.3, -0.25) is 4.79 Å². The molecule has 1 saturated heterocycles. The van der Waals surface area contributed by atoms with Crippen LogP contribution in [0.5, 0.6) is 5.75 Å². The molecule has 0 unspecified atom stereocenters. The van der Waals surface area contributed by atoms with E-state index in [9.17, 15) is 13.2 Å². The van der Waals surface area contributed by atoms with Gasteiger partial charge in [-0.15, -0.1) is 0 Å². The van der Waals surface area contributed by atoms with Crippen molar-refractivity contribution < 1.29 is 17.9 Å². The molecule has 0 aromatic heterocycles. The van der Waals surface area contributed by atoms with Gasteiger partial charge in [0.25, 0.3) is 0 Å². The summed E-state index contributed by atoms with van der Waals surface area (Å²) in [6, 6.07) is 14.2. The third kappa shape index (κ3) is 5.43.